The van der Waals surface area contributed by atoms with Crippen LogP contribution in [0.25, 0.3) is 6.08 Å². The van der Waals surface area contributed by atoms with Gasteiger partial charge in [0.1, 0.15) is 5.82 Å². The standard InChI is InChI=1S/C13H13ClFNO2/c14-11-2-1-3-12(15)10(11)4-5-13(18)16-7-6-9(17)8-16/h1-5,9,17H,6-8H2. The number of amides is 1. The molecule has 1 aliphatic rings. The SMILES string of the molecule is O=C(C=Cc1c(F)cccc1Cl)N1CCC(O)C1. The normalized spacial score (nSPS) is 19.7. The Morgan fingerprint density at radius 3 is 2.94 bits per heavy atom. The van der Waals surface area contributed by atoms with E-state index in [0.29, 0.717) is 19.5 Å². The van der Waals surface area contributed by atoms with Gasteiger partial charge in [0.2, 0.25) is 5.91 Å². The van der Waals surface area contributed by atoms with E-state index in [2.05, 4.69) is 0 Å². The highest BCUT2D eigenvalue weighted by molar-refractivity contribution is 6.32. The van der Waals surface area contributed by atoms with Crippen molar-refractivity contribution in [3.63, 3.8) is 0 Å². The Morgan fingerprint density at radius 2 is 2.33 bits per heavy atom. The van der Waals surface area contributed by atoms with Crippen molar-refractivity contribution < 1.29 is 14.3 Å². The zero-order valence-electron chi connectivity index (χ0n) is 9.64. The van der Waals surface area contributed by atoms with Gasteiger partial charge in [0.05, 0.1) is 11.1 Å². The Balaban J connectivity index is 2.09. The summed E-state index contributed by atoms with van der Waals surface area (Å²) in [5.41, 5.74) is 0.201. The fourth-order valence-corrected chi connectivity index (χ4v) is 2.10. The number of likely N-dealkylation sites (tertiary alicyclic amines) is 1. The highest BCUT2D eigenvalue weighted by Crippen LogP contribution is 2.20. The van der Waals surface area contributed by atoms with Gasteiger partial charge in [0.15, 0.2) is 0 Å². The van der Waals surface area contributed by atoms with Crippen molar-refractivity contribution in [3.8, 4) is 0 Å². The van der Waals surface area contributed by atoms with Crippen LogP contribution in [0.15, 0.2) is 24.3 Å². The summed E-state index contributed by atoms with van der Waals surface area (Å²) < 4.78 is 13.4. The van der Waals surface area contributed by atoms with E-state index in [4.69, 9.17) is 11.6 Å². The molecule has 0 aromatic heterocycles. The third kappa shape index (κ3) is 2.89. The Morgan fingerprint density at radius 1 is 1.56 bits per heavy atom. The first-order chi connectivity index (χ1) is 8.58. The van der Waals surface area contributed by atoms with Crippen LogP contribution in [0.2, 0.25) is 5.02 Å². The molecule has 0 spiro atoms. The molecule has 1 aromatic carbocycles. The molecular weight excluding hydrogens is 257 g/mol. The maximum atomic E-state index is 13.4. The Kier molecular flexibility index (Phi) is 3.99. The van der Waals surface area contributed by atoms with Crippen molar-refractivity contribution in [1.29, 1.82) is 0 Å². The van der Waals surface area contributed by atoms with E-state index in [1.807, 2.05) is 0 Å². The fourth-order valence-electron chi connectivity index (χ4n) is 1.87. The first-order valence-corrected chi connectivity index (χ1v) is 6.05. The van der Waals surface area contributed by atoms with Gasteiger partial charge < -0.3 is 10.0 Å². The Bertz CT molecular complexity index is 470. The summed E-state index contributed by atoms with van der Waals surface area (Å²) in [6, 6.07) is 4.36. The summed E-state index contributed by atoms with van der Waals surface area (Å²) in [6.45, 7) is 0.851. The maximum absolute atomic E-state index is 13.4. The van der Waals surface area contributed by atoms with Crippen LogP contribution in [-0.2, 0) is 4.79 Å². The second kappa shape index (κ2) is 5.50. The number of nitrogens with zero attached hydrogens (tertiary/aromatic N) is 1. The highest BCUT2D eigenvalue weighted by atomic mass is 35.5. The number of carbonyl (C=O) groups is 1. The van der Waals surface area contributed by atoms with Gasteiger partial charge in [-0.05, 0) is 24.6 Å². The van der Waals surface area contributed by atoms with Gasteiger partial charge >= 0.3 is 0 Å². The molecule has 1 heterocycles. The smallest absolute Gasteiger partial charge is 0.246 e. The molecule has 1 atom stereocenters. The van der Waals surface area contributed by atoms with E-state index >= 15 is 0 Å². The van der Waals surface area contributed by atoms with Crippen molar-refractivity contribution >= 4 is 23.6 Å². The lowest BCUT2D eigenvalue weighted by molar-refractivity contribution is -0.125. The number of hydrogen-bond donors (Lipinski definition) is 1. The number of rotatable bonds is 2. The average Bonchev–Trinajstić information content (AvgIpc) is 2.75. The summed E-state index contributed by atoms with van der Waals surface area (Å²) in [7, 11) is 0. The number of hydrogen-bond acceptors (Lipinski definition) is 2. The van der Waals surface area contributed by atoms with Gasteiger partial charge in [0.25, 0.3) is 0 Å². The van der Waals surface area contributed by atoms with E-state index in [1.165, 1.54) is 29.2 Å². The van der Waals surface area contributed by atoms with Gasteiger partial charge in [-0.25, -0.2) is 4.39 Å². The maximum Gasteiger partial charge on any atom is 0.246 e. The van der Waals surface area contributed by atoms with Crippen LogP contribution in [-0.4, -0.2) is 35.1 Å². The molecule has 3 nitrogen and oxygen atoms in total. The van der Waals surface area contributed by atoms with Crippen LogP contribution in [0.5, 0.6) is 0 Å². The molecule has 96 valence electrons. The van der Waals surface area contributed by atoms with Crippen molar-refractivity contribution in [1.82, 2.24) is 4.90 Å². The molecular formula is C13H13ClFNO2. The number of β-amino-alcohol motifs (C(OH)–C–C–N with tert-alkyl or cyclic N) is 1. The van der Waals surface area contributed by atoms with E-state index in [0.717, 1.165) is 0 Å². The van der Waals surface area contributed by atoms with Crippen molar-refractivity contribution in [2.24, 2.45) is 0 Å². The van der Waals surface area contributed by atoms with Crippen LogP contribution >= 0.6 is 11.6 Å². The van der Waals surface area contributed by atoms with Gasteiger partial charge in [-0.1, -0.05) is 17.7 Å². The summed E-state index contributed by atoms with van der Waals surface area (Å²) in [5, 5.41) is 9.59. The predicted molar refractivity (Wildman–Crippen MR) is 67.6 cm³/mol. The summed E-state index contributed by atoms with van der Waals surface area (Å²) in [4.78, 5) is 13.3. The van der Waals surface area contributed by atoms with Crippen molar-refractivity contribution in [3.05, 3.63) is 40.7 Å². The molecule has 0 saturated carbocycles. The zero-order valence-corrected chi connectivity index (χ0v) is 10.4. The predicted octanol–water partition coefficient (Wildman–Crippen LogP) is 2.09. The van der Waals surface area contributed by atoms with E-state index < -0.39 is 11.9 Å². The quantitative estimate of drug-likeness (QED) is 0.835. The third-order valence-corrected chi connectivity index (χ3v) is 3.20. The second-order valence-electron chi connectivity index (χ2n) is 4.20. The number of carbonyl (C=O) groups excluding carboxylic acids is 1. The lowest BCUT2D eigenvalue weighted by Crippen LogP contribution is -2.27. The van der Waals surface area contributed by atoms with Gasteiger partial charge in [-0.3, -0.25) is 4.79 Å². The molecule has 1 aliphatic heterocycles. The average molecular weight is 270 g/mol. The molecule has 18 heavy (non-hydrogen) atoms. The number of benzene rings is 1. The van der Waals surface area contributed by atoms with Gasteiger partial charge in [-0.2, -0.15) is 0 Å². The second-order valence-corrected chi connectivity index (χ2v) is 4.60. The minimum Gasteiger partial charge on any atom is -0.391 e. The molecule has 2 rings (SSSR count). The lowest BCUT2D eigenvalue weighted by Gasteiger charge is -2.12. The molecule has 0 aliphatic carbocycles. The summed E-state index contributed by atoms with van der Waals surface area (Å²) >= 11 is 5.84. The summed E-state index contributed by atoms with van der Waals surface area (Å²) in [6.07, 6.45) is 2.77. The first-order valence-electron chi connectivity index (χ1n) is 5.67. The highest BCUT2D eigenvalue weighted by Gasteiger charge is 2.22. The first kappa shape index (κ1) is 13.1. The van der Waals surface area contributed by atoms with Crippen LogP contribution in [0.1, 0.15) is 12.0 Å². The van der Waals surface area contributed by atoms with Crippen LogP contribution in [0, 0.1) is 5.82 Å². The lowest BCUT2D eigenvalue weighted by atomic mass is 10.2. The Hall–Kier alpha value is -1.39. The summed E-state index contributed by atoms with van der Waals surface area (Å²) in [5.74, 6) is -0.709. The fraction of sp³-hybridized carbons (Fsp3) is 0.308. The molecule has 0 radical (unpaired) electrons. The minimum atomic E-state index is -0.465. The molecule has 1 aromatic rings. The van der Waals surface area contributed by atoms with E-state index in [-0.39, 0.29) is 16.5 Å². The number of halogens is 2. The molecule has 1 saturated heterocycles. The van der Waals surface area contributed by atoms with Crippen LogP contribution < -0.4 is 0 Å². The van der Waals surface area contributed by atoms with E-state index in [1.54, 1.807) is 6.07 Å². The monoisotopic (exact) mass is 269 g/mol. The van der Waals surface area contributed by atoms with Crippen LogP contribution in [0.3, 0.4) is 0 Å². The number of aliphatic hydroxyl groups excluding tert-OH is 1. The number of aliphatic hydroxyl groups is 1. The third-order valence-electron chi connectivity index (χ3n) is 2.87. The molecule has 0 bridgehead atoms. The van der Waals surface area contributed by atoms with Crippen LogP contribution in [0.4, 0.5) is 4.39 Å². The van der Waals surface area contributed by atoms with Crippen molar-refractivity contribution in [2.75, 3.05) is 13.1 Å². The van der Waals surface area contributed by atoms with Gasteiger partial charge in [-0.15, -0.1) is 0 Å². The Labute approximate surface area is 109 Å². The van der Waals surface area contributed by atoms with Crippen molar-refractivity contribution in [2.45, 2.75) is 12.5 Å². The topological polar surface area (TPSA) is 40.5 Å². The molecule has 5 heteroatoms. The molecule has 1 unspecified atom stereocenters. The molecule has 1 N–H and O–H groups in total. The van der Waals surface area contributed by atoms with Gasteiger partial charge in [0, 0.05) is 24.7 Å². The molecule has 1 amide bonds. The zero-order chi connectivity index (χ0) is 13.1. The largest absolute Gasteiger partial charge is 0.391 e. The molecule has 1 fully saturated rings. The van der Waals surface area contributed by atoms with E-state index in [9.17, 15) is 14.3 Å². The minimum absolute atomic E-state index is 0.201.